The number of hydrogen-bond donors (Lipinski definition) is 2. The van der Waals surface area contributed by atoms with Gasteiger partial charge in [0.25, 0.3) is 11.1 Å². The predicted molar refractivity (Wildman–Crippen MR) is 119 cm³/mol. The Morgan fingerprint density at radius 1 is 1.10 bits per heavy atom. The third kappa shape index (κ3) is 4.58. The molecule has 31 heavy (non-hydrogen) atoms. The lowest BCUT2D eigenvalue weighted by molar-refractivity contribution is -0.116. The first kappa shape index (κ1) is 20.2. The Labute approximate surface area is 177 Å². The number of aromatic amines is 1. The molecule has 8 heteroatoms. The molecule has 0 radical (unpaired) electrons. The minimum Gasteiger partial charge on any atom is -0.326 e. The number of nitrogens with zero attached hydrogens (tertiary/aromatic N) is 3. The lowest BCUT2D eigenvalue weighted by atomic mass is 10.1. The summed E-state index contributed by atoms with van der Waals surface area (Å²) in [5.41, 5.74) is 2.21. The van der Waals surface area contributed by atoms with Crippen LogP contribution in [0.5, 0.6) is 0 Å². The largest absolute Gasteiger partial charge is 0.326 e. The summed E-state index contributed by atoms with van der Waals surface area (Å²) in [5.74, 6) is 0.218. The van der Waals surface area contributed by atoms with E-state index in [9.17, 15) is 14.4 Å². The molecule has 2 aromatic heterocycles. The lowest BCUT2D eigenvalue weighted by Gasteiger charge is -2.09. The molecule has 1 amide bonds. The number of amides is 1. The average Bonchev–Trinajstić information content (AvgIpc) is 2.78. The molecular weight excluding hydrogens is 394 g/mol. The molecule has 0 spiro atoms. The molecule has 0 fully saturated rings. The summed E-state index contributed by atoms with van der Waals surface area (Å²) in [6.07, 6.45) is 2.22. The van der Waals surface area contributed by atoms with Crippen LogP contribution in [0.15, 0.2) is 70.5 Å². The SMILES string of the molecule is CCc1cc(=O)[nH]c(-c2cccc(NC(=O)CCn3cnc4ccccc4c3=O)c2)n1. The zero-order chi connectivity index (χ0) is 21.8. The Balaban J connectivity index is 1.47. The van der Waals surface area contributed by atoms with E-state index in [2.05, 4.69) is 20.3 Å². The van der Waals surface area contributed by atoms with Crippen molar-refractivity contribution in [3.05, 3.63) is 87.3 Å². The minimum atomic E-state index is -0.235. The summed E-state index contributed by atoms with van der Waals surface area (Å²) in [4.78, 5) is 48.2. The summed E-state index contributed by atoms with van der Waals surface area (Å²) >= 11 is 0. The monoisotopic (exact) mass is 415 g/mol. The van der Waals surface area contributed by atoms with Gasteiger partial charge in [0.05, 0.1) is 17.2 Å². The molecule has 4 rings (SSSR count). The highest BCUT2D eigenvalue weighted by Crippen LogP contribution is 2.19. The van der Waals surface area contributed by atoms with Crippen molar-refractivity contribution < 1.29 is 4.79 Å². The van der Waals surface area contributed by atoms with E-state index in [1.54, 1.807) is 36.4 Å². The molecule has 0 aliphatic rings. The van der Waals surface area contributed by atoms with Gasteiger partial charge in [0.15, 0.2) is 0 Å². The van der Waals surface area contributed by atoms with Crippen molar-refractivity contribution in [2.24, 2.45) is 0 Å². The Morgan fingerprint density at radius 2 is 1.94 bits per heavy atom. The first-order chi connectivity index (χ1) is 15.0. The maximum atomic E-state index is 12.5. The van der Waals surface area contributed by atoms with Crippen LogP contribution in [0.3, 0.4) is 0 Å². The Hall–Kier alpha value is -4.07. The van der Waals surface area contributed by atoms with E-state index in [1.807, 2.05) is 19.1 Å². The quantitative estimate of drug-likeness (QED) is 0.503. The fraction of sp³-hybridized carbons (Fsp3) is 0.174. The third-order valence-corrected chi connectivity index (χ3v) is 4.89. The zero-order valence-electron chi connectivity index (χ0n) is 17.0. The molecule has 0 aliphatic heterocycles. The molecule has 0 bridgehead atoms. The highest BCUT2D eigenvalue weighted by Gasteiger charge is 2.09. The fourth-order valence-electron chi connectivity index (χ4n) is 3.28. The number of H-pyrrole nitrogens is 1. The smallest absolute Gasteiger partial charge is 0.261 e. The standard InChI is InChI=1S/C23H21N5O3/c1-2-16-13-21(30)27-22(26-16)15-6-5-7-17(12-15)25-20(29)10-11-28-14-24-19-9-4-3-8-18(19)23(28)31/h3-9,12-14H,2,10-11H2,1H3,(H,25,29)(H,26,27,30). The van der Waals surface area contributed by atoms with Crippen molar-refractivity contribution in [1.82, 2.24) is 19.5 Å². The minimum absolute atomic E-state index is 0.116. The molecule has 156 valence electrons. The first-order valence-electron chi connectivity index (χ1n) is 9.98. The molecule has 0 atom stereocenters. The van der Waals surface area contributed by atoms with E-state index in [0.29, 0.717) is 40.1 Å². The van der Waals surface area contributed by atoms with Crippen molar-refractivity contribution >= 4 is 22.5 Å². The van der Waals surface area contributed by atoms with Crippen molar-refractivity contribution in [3.63, 3.8) is 0 Å². The van der Waals surface area contributed by atoms with Gasteiger partial charge in [-0.15, -0.1) is 0 Å². The van der Waals surface area contributed by atoms with Gasteiger partial charge in [-0.3, -0.25) is 19.0 Å². The van der Waals surface area contributed by atoms with Gasteiger partial charge in [-0.2, -0.15) is 0 Å². The Bertz CT molecular complexity index is 1370. The van der Waals surface area contributed by atoms with E-state index in [1.165, 1.54) is 17.0 Å². The van der Waals surface area contributed by atoms with Gasteiger partial charge in [-0.1, -0.05) is 31.2 Å². The second kappa shape index (κ2) is 8.74. The second-order valence-corrected chi connectivity index (χ2v) is 7.08. The first-order valence-corrected chi connectivity index (χ1v) is 9.98. The predicted octanol–water partition coefficient (Wildman–Crippen LogP) is 2.74. The molecule has 0 aliphatic carbocycles. The van der Waals surface area contributed by atoms with Gasteiger partial charge in [0.2, 0.25) is 5.91 Å². The number of rotatable bonds is 6. The maximum absolute atomic E-state index is 12.5. The molecule has 2 heterocycles. The molecule has 2 aromatic carbocycles. The molecular formula is C23H21N5O3. The van der Waals surface area contributed by atoms with Gasteiger partial charge >= 0.3 is 0 Å². The molecule has 0 unspecified atom stereocenters. The Morgan fingerprint density at radius 3 is 2.77 bits per heavy atom. The van der Waals surface area contributed by atoms with Gasteiger partial charge in [0, 0.05) is 36.0 Å². The van der Waals surface area contributed by atoms with Crippen LogP contribution in [0, 0.1) is 0 Å². The maximum Gasteiger partial charge on any atom is 0.261 e. The summed E-state index contributed by atoms with van der Waals surface area (Å²) < 4.78 is 1.43. The highest BCUT2D eigenvalue weighted by molar-refractivity contribution is 5.91. The molecule has 0 saturated carbocycles. The van der Waals surface area contributed by atoms with Gasteiger partial charge in [0.1, 0.15) is 5.82 Å². The lowest BCUT2D eigenvalue weighted by Crippen LogP contribution is -2.23. The normalized spacial score (nSPS) is 10.9. The molecule has 8 nitrogen and oxygen atoms in total. The van der Waals surface area contributed by atoms with Crippen LogP contribution in [-0.4, -0.2) is 25.4 Å². The summed E-state index contributed by atoms with van der Waals surface area (Å²) in [7, 11) is 0. The Kier molecular flexibility index (Phi) is 5.70. The van der Waals surface area contributed by atoms with Crippen LogP contribution in [0.25, 0.3) is 22.3 Å². The number of para-hydroxylation sites is 1. The van der Waals surface area contributed by atoms with Gasteiger partial charge < -0.3 is 10.3 Å². The third-order valence-electron chi connectivity index (χ3n) is 4.89. The number of carbonyl (C=O) groups is 1. The number of nitrogens with one attached hydrogen (secondary N) is 2. The number of aryl methyl sites for hydroxylation is 2. The number of carbonyl (C=O) groups excluding carboxylic acids is 1. The van der Waals surface area contributed by atoms with Crippen LogP contribution in [0.2, 0.25) is 0 Å². The number of fused-ring (bicyclic) bond motifs is 1. The average molecular weight is 415 g/mol. The van der Waals surface area contributed by atoms with Crippen molar-refractivity contribution in [2.45, 2.75) is 26.3 Å². The number of hydrogen-bond acceptors (Lipinski definition) is 5. The van der Waals surface area contributed by atoms with Crippen LogP contribution >= 0.6 is 0 Å². The highest BCUT2D eigenvalue weighted by atomic mass is 16.2. The van der Waals surface area contributed by atoms with Crippen molar-refractivity contribution in [1.29, 1.82) is 0 Å². The number of anilines is 1. The van der Waals surface area contributed by atoms with E-state index in [4.69, 9.17) is 0 Å². The van der Waals surface area contributed by atoms with Crippen LogP contribution in [0.4, 0.5) is 5.69 Å². The topological polar surface area (TPSA) is 110 Å². The summed E-state index contributed by atoms with van der Waals surface area (Å²) in [6.45, 7) is 2.15. The van der Waals surface area contributed by atoms with Crippen LogP contribution in [-0.2, 0) is 17.8 Å². The summed E-state index contributed by atoms with van der Waals surface area (Å²) in [5, 5.41) is 3.35. The van der Waals surface area contributed by atoms with E-state index in [0.717, 1.165) is 0 Å². The van der Waals surface area contributed by atoms with E-state index < -0.39 is 0 Å². The second-order valence-electron chi connectivity index (χ2n) is 7.08. The van der Waals surface area contributed by atoms with Crippen molar-refractivity contribution in [3.8, 4) is 11.4 Å². The van der Waals surface area contributed by atoms with E-state index >= 15 is 0 Å². The number of aromatic nitrogens is 4. The van der Waals surface area contributed by atoms with Crippen LogP contribution in [0.1, 0.15) is 19.0 Å². The molecule has 4 aromatic rings. The van der Waals surface area contributed by atoms with Crippen molar-refractivity contribution in [2.75, 3.05) is 5.32 Å². The van der Waals surface area contributed by atoms with Crippen LogP contribution < -0.4 is 16.4 Å². The summed E-state index contributed by atoms with van der Waals surface area (Å²) in [6, 6.07) is 15.7. The number of benzene rings is 2. The van der Waals surface area contributed by atoms with Gasteiger partial charge in [-0.05, 0) is 30.7 Å². The molecule has 2 N–H and O–H groups in total. The van der Waals surface area contributed by atoms with E-state index in [-0.39, 0.29) is 30.0 Å². The van der Waals surface area contributed by atoms with Gasteiger partial charge in [-0.25, -0.2) is 9.97 Å². The zero-order valence-corrected chi connectivity index (χ0v) is 17.0. The fourth-order valence-corrected chi connectivity index (χ4v) is 3.28. The molecule has 0 saturated heterocycles.